The third kappa shape index (κ3) is 8.53. The van der Waals surface area contributed by atoms with Crippen molar-refractivity contribution in [2.24, 2.45) is 10.6 Å². The Kier molecular flexibility index (Phi) is 9.30. The van der Waals surface area contributed by atoms with Crippen LogP contribution in [0.1, 0.15) is 39.7 Å². The summed E-state index contributed by atoms with van der Waals surface area (Å²) < 4.78 is 12.3. The molecule has 6 heteroatoms. The van der Waals surface area contributed by atoms with Gasteiger partial charge >= 0.3 is 135 Å². The summed E-state index contributed by atoms with van der Waals surface area (Å²) in [7, 11) is 1.71. The number of rotatable bonds is 6. The minimum absolute atomic E-state index is 0.00127. The van der Waals surface area contributed by atoms with Gasteiger partial charge in [-0.2, -0.15) is 0 Å². The third-order valence-electron chi connectivity index (χ3n) is 3.48. The predicted octanol–water partition coefficient (Wildman–Crippen LogP) is 5.08. The van der Waals surface area contributed by atoms with E-state index in [1.165, 1.54) is 15.6 Å². The van der Waals surface area contributed by atoms with Crippen LogP contribution in [-0.2, 0) is 9.02 Å². The maximum atomic E-state index is 5.57. The van der Waals surface area contributed by atoms with E-state index in [4.69, 9.17) is 13.8 Å². The molecule has 1 aromatic rings. The van der Waals surface area contributed by atoms with Gasteiger partial charge in [-0.15, -0.1) is 0 Å². The van der Waals surface area contributed by atoms with Crippen LogP contribution in [0.25, 0.3) is 0 Å². The van der Waals surface area contributed by atoms with Crippen molar-refractivity contribution in [3.8, 4) is 5.75 Å². The molecule has 1 aliphatic rings. The molecule has 1 heterocycles. The van der Waals surface area contributed by atoms with Crippen molar-refractivity contribution in [2.45, 2.75) is 55.0 Å². The molecule has 0 aliphatic carbocycles. The van der Waals surface area contributed by atoms with Gasteiger partial charge in [-0.1, -0.05) is 27.7 Å². The van der Waals surface area contributed by atoms with Crippen LogP contribution in [-0.4, -0.2) is 50.2 Å². The predicted molar refractivity (Wildman–Crippen MR) is 117 cm³/mol. The molecule has 0 amide bonds. The van der Waals surface area contributed by atoms with Crippen molar-refractivity contribution in [2.75, 3.05) is 20.0 Å². The van der Waals surface area contributed by atoms with Crippen molar-refractivity contribution < 1.29 is 13.8 Å². The molecule has 148 valence electrons. The van der Waals surface area contributed by atoms with E-state index in [9.17, 15) is 0 Å². The van der Waals surface area contributed by atoms with Crippen LogP contribution in [0.15, 0.2) is 23.4 Å². The standard InChI is InChI=1S/C12H14NO3S.C5H12.3CH3.Sn/c1-14-12-6-4-3-5-10(12)11-7-9(16-13-11)8-15-17-2;1-5(2,3)4;;;;/h3,5-6,9H,7-8H2,1-2H3;1-4H3;3*1H3;. The number of hydrogen-bond donors (Lipinski definition) is 0. The Morgan fingerprint density at radius 2 is 1.85 bits per heavy atom. The second-order valence-electron chi connectivity index (χ2n) is 9.09. The zero-order valence-corrected chi connectivity index (χ0v) is 21.5. The van der Waals surface area contributed by atoms with Gasteiger partial charge in [-0.25, -0.2) is 0 Å². The molecular formula is C20H35NO3SSn. The summed E-state index contributed by atoms with van der Waals surface area (Å²) in [6.45, 7) is 9.30. The Balaban J connectivity index is 0.000000597. The van der Waals surface area contributed by atoms with Gasteiger partial charge in [0.05, 0.1) is 0 Å². The molecule has 1 aromatic carbocycles. The molecule has 4 nitrogen and oxygen atoms in total. The Bertz CT molecular complexity index is 600. The van der Waals surface area contributed by atoms with Gasteiger partial charge < -0.3 is 0 Å². The summed E-state index contributed by atoms with van der Waals surface area (Å²) >= 11 is -0.737. The van der Waals surface area contributed by atoms with E-state index >= 15 is 0 Å². The molecule has 0 aromatic heterocycles. The Labute approximate surface area is 168 Å². The minimum atomic E-state index is -2.09. The fourth-order valence-electron chi connectivity index (χ4n) is 2.22. The van der Waals surface area contributed by atoms with Gasteiger partial charge in [0.25, 0.3) is 0 Å². The topological polar surface area (TPSA) is 40.0 Å². The van der Waals surface area contributed by atoms with Crippen LogP contribution in [0.5, 0.6) is 5.75 Å². The molecule has 0 N–H and O–H groups in total. The van der Waals surface area contributed by atoms with Crippen LogP contribution in [0, 0.1) is 5.41 Å². The monoisotopic (exact) mass is 489 g/mol. The van der Waals surface area contributed by atoms with E-state index in [2.05, 4.69) is 65.9 Å². The van der Waals surface area contributed by atoms with Crippen LogP contribution in [0.3, 0.4) is 0 Å². The normalized spacial score (nSPS) is 17.1. The van der Waals surface area contributed by atoms with Gasteiger partial charge in [0.15, 0.2) is 0 Å². The molecule has 1 aliphatic heterocycles. The number of benzene rings is 1. The second-order valence-corrected chi connectivity index (χ2v) is 24.1. The summed E-state index contributed by atoms with van der Waals surface area (Å²) in [6.07, 6.45) is 2.66. The second kappa shape index (κ2) is 10.2. The number of methoxy groups -OCH3 is 1. The van der Waals surface area contributed by atoms with E-state index < -0.39 is 18.4 Å². The summed E-state index contributed by atoms with van der Waals surface area (Å²) in [6, 6.07) is 6.53. The van der Waals surface area contributed by atoms with Crippen LogP contribution >= 0.6 is 12.0 Å². The molecule has 0 spiro atoms. The maximum absolute atomic E-state index is 5.57. The van der Waals surface area contributed by atoms with Crippen molar-refractivity contribution in [3.63, 3.8) is 0 Å². The first-order chi connectivity index (χ1) is 12.0. The van der Waals surface area contributed by atoms with Crippen LogP contribution < -0.4 is 8.32 Å². The van der Waals surface area contributed by atoms with Crippen LogP contribution in [0.4, 0.5) is 0 Å². The first kappa shape index (κ1) is 23.6. The molecule has 0 fully saturated rings. The zero-order valence-electron chi connectivity index (χ0n) is 17.8. The number of ether oxygens (including phenoxy) is 1. The molecule has 0 saturated carbocycles. The average Bonchev–Trinajstić information content (AvgIpc) is 2.98. The molecule has 0 bridgehead atoms. The molecule has 26 heavy (non-hydrogen) atoms. The van der Waals surface area contributed by atoms with Crippen molar-refractivity contribution >= 4 is 39.7 Å². The van der Waals surface area contributed by atoms with Gasteiger partial charge in [0.1, 0.15) is 0 Å². The first-order valence-corrected chi connectivity index (χ1v) is 20.2. The Morgan fingerprint density at radius 1 is 1.23 bits per heavy atom. The Hall–Kier alpha value is -0.401. The molecule has 0 radical (unpaired) electrons. The fraction of sp³-hybridized carbons (Fsp3) is 0.650. The number of nitrogens with zero attached hydrogens (tertiary/aromatic N) is 1. The van der Waals surface area contributed by atoms with Gasteiger partial charge in [0, 0.05) is 0 Å². The molecule has 1 atom stereocenters. The SMILES string of the molecule is CC(C)(C)C.COc1c[c]([Sn]([CH3])([CH3])[CH3])ccc1C1=NOC(COSC)C1. The van der Waals surface area contributed by atoms with Gasteiger partial charge in [-0.05, 0) is 5.41 Å². The average molecular weight is 488 g/mol. The van der Waals surface area contributed by atoms with E-state index in [1.54, 1.807) is 7.11 Å². The third-order valence-corrected chi connectivity index (χ3v) is 9.69. The van der Waals surface area contributed by atoms with Crippen molar-refractivity contribution in [1.82, 2.24) is 0 Å². The summed E-state index contributed by atoms with van der Waals surface area (Å²) in [4.78, 5) is 12.6. The molecule has 0 saturated heterocycles. The van der Waals surface area contributed by atoms with E-state index in [1.807, 2.05) is 6.26 Å². The zero-order chi connectivity index (χ0) is 20.0. The van der Waals surface area contributed by atoms with Gasteiger partial charge in [0.2, 0.25) is 0 Å². The molecular weight excluding hydrogens is 453 g/mol. The van der Waals surface area contributed by atoms with Crippen molar-refractivity contribution in [3.05, 3.63) is 23.8 Å². The summed E-state index contributed by atoms with van der Waals surface area (Å²) in [5.74, 6) is 0.896. The molecule has 1 unspecified atom stereocenters. The number of oxime groups is 1. The van der Waals surface area contributed by atoms with Crippen molar-refractivity contribution in [1.29, 1.82) is 0 Å². The van der Waals surface area contributed by atoms with E-state index in [0.29, 0.717) is 12.0 Å². The fourth-order valence-corrected chi connectivity index (χ4v) is 5.78. The Morgan fingerprint density at radius 3 is 2.35 bits per heavy atom. The number of hydrogen-bond acceptors (Lipinski definition) is 5. The quantitative estimate of drug-likeness (QED) is 0.414. The van der Waals surface area contributed by atoms with E-state index in [-0.39, 0.29) is 6.10 Å². The molecule has 2 rings (SSSR count). The summed E-state index contributed by atoms with van der Waals surface area (Å²) in [5.41, 5.74) is 2.47. The summed E-state index contributed by atoms with van der Waals surface area (Å²) in [5, 5.41) is 4.21. The van der Waals surface area contributed by atoms with Gasteiger partial charge in [-0.3, -0.25) is 0 Å². The van der Waals surface area contributed by atoms with E-state index in [0.717, 1.165) is 23.4 Å². The first-order valence-electron chi connectivity index (χ1n) is 9.03. The van der Waals surface area contributed by atoms with Crippen LogP contribution in [0.2, 0.25) is 14.8 Å².